The average Bonchev–Trinajstić information content (AvgIpc) is 2.84. The van der Waals surface area contributed by atoms with Crippen molar-refractivity contribution in [3.8, 4) is 0 Å². The zero-order chi connectivity index (χ0) is 14.4. The van der Waals surface area contributed by atoms with Crippen molar-refractivity contribution in [2.24, 2.45) is 18.4 Å². The van der Waals surface area contributed by atoms with Crippen molar-refractivity contribution in [3.05, 3.63) is 6.33 Å². The monoisotopic (exact) mass is 286 g/mol. The Bertz CT molecular complexity index is 552. The molecule has 2 N–H and O–H groups in total. The molecule has 0 saturated carbocycles. The lowest BCUT2D eigenvalue weighted by Crippen LogP contribution is -2.32. The molecule has 7 heteroatoms. The fourth-order valence-electron chi connectivity index (χ4n) is 2.53. The number of hydrogen-bond donors (Lipinski definition) is 1. The third-order valence-corrected chi connectivity index (χ3v) is 5.87. The van der Waals surface area contributed by atoms with Crippen LogP contribution in [0.15, 0.2) is 11.4 Å². The molecule has 0 bridgehead atoms. The molecule has 1 aliphatic heterocycles. The van der Waals surface area contributed by atoms with Crippen molar-refractivity contribution in [2.45, 2.75) is 32.2 Å². The molecule has 0 amide bonds. The van der Waals surface area contributed by atoms with E-state index < -0.39 is 10.0 Å². The smallest absolute Gasteiger partial charge is 0.262 e. The molecule has 1 fully saturated rings. The van der Waals surface area contributed by atoms with Crippen LogP contribution < -0.4 is 5.73 Å². The summed E-state index contributed by atoms with van der Waals surface area (Å²) in [4.78, 5) is 3.86. The standard InChI is InChI=1S/C12H22N4O2S/c1-12(2,3)9-5-6-16(7-9)19(17,18)11-10(13)14-8-15(11)4/h8-9H,5-7,13H2,1-4H3. The van der Waals surface area contributed by atoms with Crippen LogP contribution in [0.3, 0.4) is 0 Å². The first-order valence-corrected chi connectivity index (χ1v) is 7.85. The second-order valence-corrected chi connectivity index (χ2v) is 8.11. The molecular weight excluding hydrogens is 264 g/mol. The fraction of sp³-hybridized carbons (Fsp3) is 0.750. The number of rotatable bonds is 2. The van der Waals surface area contributed by atoms with E-state index in [9.17, 15) is 8.42 Å². The molecule has 6 nitrogen and oxygen atoms in total. The molecule has 1 saturated heterocycles. The summed E-state index contributed by atoms with van der Waals surface area (Å²) in [6, 6.07) is 0. The third kappa shape index (κ3) is 2.49. The van der Waals surface area contributed by atoms with Gasteiger partial charge in [0, 0.05) is 20.1 Å². The minimum atomic E-state index is -3.54. The normalized spacial score (nSPS) is 22.0. The Morgan fingerprint density at radius 3 is 2.47 bits per heavy atom. The van der Waals surface area contributed by atoms with Crippen LogP contribution >= 0.6 is 0 Å². The van der Waals surface area contributed by atoms with Crippen LogP contribution in [0.1, 0.15) is 27.2 Å². The molecule has 0 radical (unpaired) electrons. The number of aryl methyl sites for hydroxylation is 1. The van der Waals surface area contributed by atoms with E-state index in [0.29, 0.717) is 19.0 Å². The third-order valence-electron chi connectivity index (χ3n) is 3.87. The van der Waals surface area contributed by atoms with E-state index in [2.05, 4.69) is 25.8 Å². The van der Waals surface area contributed by atoms with Crippen molar-refractivity contribution >= 4 is 15.8 Å². The summed E-state index contributed by atoms with van der Waals surface area (Å²) >= 11 is 0. The van der Waals surface area contributed by atoms with Crippen LogP contribution in [-0.2, 0) is 17.1 Å². The number of nitrogen functional groups attached to an aromatic ring is 1. The summed E-state index contributed by atoms with van der Waals surface area (Å²) in [6.07, 6.45) is 2.32. The second kappa shape index (κ2) is 4.49. The van der Waals surface area contributed by atoms with Crippen molar-refractivity contribution in [3.63, 3.8) is 0 Å². The molecule has 0 aromatic carbocycles. The lowest BCUT2D eigenvalue weighted by molar-refractivity contribution is 0.251. The Labute approximate surface area is 114 Å². The topological polar surface area (TPSA) is 81.2 Å². The van der Waals surface area contributed by atoms with E-state index in [4.69, 9.17) is 5.73 Å². The van der Waals surface area contributed by atoms with Gasteiger partial charge in [0.15, 0.2) is 10.8 Å². The molecule has 1 aromatic heterocycles. The van der Waals surface area contributed by atoms with Crippen molar-refractivity contribution in [1.82, 2.24) is 13.9 Å². The van der Waals surface area contributed by atoms with Gasteiger partial charge in [0.1, 0.15) is 0 Å². The highest BCUT2D eigenvalue weighted by atomic mass is 32.2. The van der Waals surface area contributed by atoms with Crippen LogP contribution in [0.4, 0.5) is 5.82 Å². The van der Waals surface area contributed by atoms with E-state index in [-0.39, 0.29) is 16.3 Å². The van der Waals surface area contributed by atoms with Gasteiger partial charge in [0.05, 0.1) is 6.33 Å². The largest absolute Gasteiger partial charge is 0.381 e. The number of sulfonamides is 1. The number of imidazole rings is 1. The Balaban J connectivity index is 2.29. The van der Waals surface area contributed by atoms with Gasteiger partial charge in [-0.3, -0.25) is 0 Å². The predicted molar refractivity (Wildman–Crippen MR) is 73.9 cm³/mol. The molecule has 1 aliphatic rings. The van der Waals surface area contributed by atoms with E-state index in [1.165, 1.54) is 15.2 Å². The molecule has 2 heterocycles. The fourth-order valence-corrected chi connectivity index (χ4v) is 4.22. The highest BCUT2D eigenvalue weighted by Gasteiger charge is 2.39. The van der Waals surface area contributed by atoms with Gasteiger partial charge < -0.3 is 10.3 Å². The zero-order valence-corrected chi connectivity index (χ0v) is 12.7. The lowest BCUT2D eigenvalue weighted by Gasteiger charge is -2.26. The number of aromatic nitrogens is 2. The van der Waals surface area contributed by atoms with E-state index in [0.717, 1.165) is 6.42 Å². The summed E-state index contributed by atoms with van der Waals surface area (Å²) in [7, 11) is -1.89. The van der Waals surface area contributed by atoms with Gasteiger partial charge in [0.25, 0.3) is 10.0 Å². The Morgan fingerprint density at radius 2 is 2.05 bits per heavy atom. The second-order valence-electron chi connectivity index (χ2n) is 6.26. The zero-order valence-electron chi connectivity index (χ0n) is 11.9. The summed E-state index contributed by atoms with van der Waals surface area (Å²) in [6.45, 7) is 7.54. The Morgan fingerprint density at radius 1 is 1.42 bits per heavy atom. The van der Waals surface area contributed by atoms with Crippen LogP contribution in [-0.4, -0.2) is 35.4 Å². The van der Waals surface area contributed by atoms with Crippen molar-refractivity contribution < 1.29 is 8.42 Å². The first-order chi connectivity index (χ1) is 8.64. The lowest BCUT2D eigenvalue weighted by atomic mass is 9.80. The SMILES string of the molecule is Cn1cnc(N)c1S(=O)(=O)N1CCC(C(C)(C)C)C1. The minimum absolute atomic E-state index is 0.0710. The molecule has 2 rings (SSSR count). The molecule has 1 unspecified atom stereocenters. The highest BCUT2D eigenvalue weighted by molar-refractivity contribution is 7.89. The van der Waals surface area contributed by atoms with Gasteiger partial charge in [0.2, 0.25) is 0 Å². The summed E-state index contributed by atoms with van der Waals surface area (Å²) in [5.41, 5.74) is 5.79. The molecule has 19 heavy (non-hydrogen) atoms. The molecular formula is C12H22N4O2S. The summed E-state index contributed by atoms with van der Waals surface area (Å²) in [5, 5.41) is 0.0991. The van der Waals surface area contributed by atoms with Crippen LogP contribution in [0.5, 0.6) is 0 Å². The maximum atomic E-state index is 12.6. The number of anilines is 1. The number of hydrogen-bond acceptors (Lipinski definition) is 4. The van der Waals surface area contributed by atoms with Gasteiger partial charge in [-0.15, -0.1) is 0 Å². The van der Waals surface area contributed by atoms with Crippen LogP contribution in [0.2, 0.25) is 0 Å². The summed E-state index contributed by atoms with van der Waals surface area (Å²) < 4.78 is 28.2. The van der Waals surface area contributed by atoms with E-state index >= 15 is 0 Å². The first-order valence-electron chi connectivity index (χ1n) is 6.41. The van der Waals surface area contributed by atoms with Crippen LogP contribution in [0, 0.1) is 11.3 Å². The maximum Gasteiger partial charge on any atom is 0.262 e. The van der Waals surface area contributed by atoms with E-state index in [1.807, 2.05) is 0 Å². The van der Waals surface area contributed by atoms with E-state index in [1.54, 1.807) is 7.05 Å². The molecule has 1 aromatic rings. The van der Waals surface area contributed by atoms with Gasteiger partial charge >= 0.3 is 0 Å². The Hall–Kier alpha value is -1.08. The predicted octanol–water partition coefficient (Wildman–Crippen LogP) is 1.06. The molecule has 1 atom stereocenters. The van der Waals surface area contributed by atoms with Crippen molar-refractivity contribution in [1.29, 1.82) is 0 Å². The van der Waals surface area contributed by atoms with Gasteiger partial charge in [-0.05, 0) is 17.8 Å². The highest BCUT2D eigenvalue weighted by Crippen LogP contribution is 2.36. The average molecular weight is 286 g/mol. The quantitative estimate of drug-likeness (QED) is 0.881. The van der Waals surface area contributed by atoms with Crippen molar-refractivity contribution in [2.75, 3.05) is 18.8 Å². The first kappa shape index (κ1) is 14.3. The number of nitrogens with two attached hydrogens (primary N) is 1. The van der Waals surface area contributed by atoms with Gasteiger partial charge in [-0.25, -0.2) is 13.4 Å². The maximum absolute atomic E-state index is 12.6. The number of nitrogens with zero attached hydrogens (tertiary/aromatic N) is 3. The molecule has 0 spiro atoms. The van der Waals surface area contributed by atoms with Gasteiger partial charge in [-0.1, -0.05) is 20.8 Å². The van der Waals surface area contributed by atoms with Gasteiger partial charge in [-0.2, -0.15) is 4.31 Å². The molecule has 108 valence electrons. The Kier molecular flexibility index (Phi) is 3.38. The summed E-state index contributed by atoms with van der Waals surface area (Å²) in [5.74, 6) is 0.443. The van der Waals surface area contributed by atoms with Crippen LogP contribution in [0.25, 0.3) is 0 Å². The molecule has 0 aliphatic carbocycles. The minimum Gasteiger partial charge on any atom is -0.381 e.